The van der Waals surface area contributed by atoms with Gasteiger partial charge in [-0.3, -0.25) is 0 Å². The van der Waals surface area contributed by atoms with Gasteiger partial charge in [-0.2, -0.15) is 0 Å². The molecule has 0 unspecified atom stereocenters. The lowest BCUT2D eigenvalue weighted by Gasteiger charge is -2.33. The Morgan fingerprint density at radius 3 is 1.75 bits per heavy atom. The van der Waals surface area contributed by atoms with E-state index < -0.39 is 0 Å². The first-order valence-corrected chi connectivity index (χ1v) is 6.31. The standard InChI is InChI=1S/C15H25B/c1-11(2)16(15(5,6)7)14-12(3)9-8-10-13(14)4/h8-11H,1-7H3. The van der Waals surface area contributed by atoms with E-state index in [1.165, 1.54) is 11.1 Å². The summed E-state index contributed by atoms with van der Waals surface area (Å²) >= 11 is 0. The molecule has 0 fully saturated rings. The van der Waals surface area contributed by atoms with E-state index in [1.54, 1.807) is 5.46 Å². The maximum Gasteiger partial charge on any atom is 0.184 e. The van der Waals surface area contributed by atoms with Crippen LogP contribution >= 0.6 is 0 Å². The fraction of sp³-hybridized carbons (Fsp3) is 0.600. The summed E-state index contributed by atoms with van der Waals surface area (Å²) in [6.45, 7) is 16.8. The number of benzene rings is 1. The molecular weight excluding hydrogens is 191 g/mol. The Hall–Kier alpha value is -0.715. The summed E-state index contributed by atoms with van der Waals surface area (Å²) in [5.41, 5.74) is 4.44. The van der Waals surface area contributed by atoms with E-state index in [2.05, 4.69) is 66.7 Å². The first kappa shape index (κ1) is 13.4. The summed E-state index contributed by atoms with van der Waals surface area (Å²) in [6.07, 6.45) is 0. The van der Waals surface area contributed by atoms with Crippen molar-refractivity contribution < 1.29 is 0 Å². The van der Waals surface area contributed by atoms with Crippen LogP contribution in [0.15, 0.2) is 18.2 Å². The van der Waals surface area contributed by atoms with Crippen LogP contribution in [0.1, 0.15) is 45.7 Å². The molecule has 0 aliphatic rings. The Bertz CT molecular complexity index is 338. The van der Waals surface area contributed by atoms with Gasteiger partial charge in [-0.1, -0.05) is 80.5 Å². The molecule has 0 nitrogen and oxygen atoms in total. The minimum Gasteiger partial charge on any atom is -0.0735 e. The number of rotatable bonds is 2. The van der Waals surface area contributed by atoms with E-state index in [4.69, 9.17) is 0 Å². The van der Waals surface area contributed by atoms with E-state index in [9.17, 15) is 0 Å². The molecule has 1 heteroatoms. The van der Waals surface area contributed by atoms with Gasteiger partial charge in [0.15, 0.2) is 6.71 Å². The van der Waals surface area contributed by atoms with Gasteiger partial charge in [-0.25, -0.2) is 0 Å². The van der Waals surface area contributed by atoms with Gasteiger partial charge in [-0.05, 0) is 13.8 Å². The zero-order chi connectivity index (χ0) is 12.5. The van der Waals surface area contributed by atoms with Crippen molar-refractivity contribution in [1.82, 2.24) is 0 Å². The van der Waals surface area contributed by atoms with Gasteiger partial charge in [-0.15, -0.1) is 0 Å². The van der Waals surface area contributed by atoms with Crippen LogP contribution in [-0.4, -0.2) is 6.71 Å². The summed E-state index contributed by atoms with van der Waals surface area (Å²) in [6, 6.07) is 6.64. The van der Waals surface area contributed by atoms with Gasteiger partial charge in [0, 0.05) is 0 Å². The lowest BCUT2D eigenvalue weighted by Crippen LogP contribution is -2.44. The molecule has 1 rings (SSSR count). The highest BCUT2D eigenvalue weighted by Gasteiger charge is 2.34. The average Bonchev–Trinajstić information content (AvgIpc) is 2.08. The van der Waals surface area contributed by atoms with Crippen LogP contribution in [-0.2, 0) is 0 Å². The topological polar surface area (TPSA) is 0 Å². The highest BCUT2D eigenvalue weighted by molar-refractivity contribution is 6.77. The fourth-order valence-corrected chi connectivity index (χ4v) is 3.08. The van der Waals surface area contributed by atoms with Crippen molar-refractivity contribution >= 4 is 12.2 Å². The first-order chi connectivity index (χ1) is 7.25. The van der Waals surface area contributed by atoms with Crippen molar-refractivity contribution in [2.24, 2.45) is 0 Å². The molecule has 0 atom stereocenters. The van der Waals surface area contributed by atoms with Crippen molar-refractivity contribution in [2.75, 3.05) is 0 Å². The quantitative estimate of drug-likeness (QED) is 0.649. The molecule has 0 heterocycles. The minimum atomic E-state index is 0.324. The highest BCUT2D eigenvalue weighted by atomic mass is 14.1. The molecule has 16 heavy (non-hydrogen) atoms. The van der Waals surface area contributed by atoms with Gasteiger partial charge >= 0.3 is 0 Å². The highest BCUT2D eigenvalue weighted by Crippen LogP contribution is 2.34. The van der Waals surface area contributed by atoms with Crippen LogP contribution < -0.4 is 5.46 Å². The molecule has 1 aromatic carbocycles. The number of hydrogen-bond acceptors (Lipinski definition) is 0. The Labute approximate surface area is 102 Å². The normalized spacial score (nSPS) is 12.0. The molecule has 0 aromatic heterocycles. The molecule has 0 spiro atoms. The van der Waals surface area contributed by atoms with Crippen LogP contribution in [0, 0.1) is 13.8 Å². The third kappa shape index (κ3) is 2.69. The van der Waals surface area contributed by atoms with E-state index in [0.29, 0.717) is 17.8 Å². The number of aryl methyl sites for hydroxylation is 2. The van der Waals surface area contributed by atoms with Gasteiger partial charge in [0.1, 0.15) is 0 Å². The molecule has 0 saturated heterocycles. The molecule has 88 valence electrons. The number of hydrogen-bond donors (Lipinski definition) is 0. The largest absolute Gasteiger partial charge is 0.184 e. The molecule has 0 radical (unpaired) electrons. The summed E-state index contributed by atoms with van der Waals surface area (Å²) in [5.74, 6) is 0.680. The Morgan fingerprint density at radius 2 is 1.44 bits per heavy atom. The summed E-state index contributed by atoms with van der Waals surface area (Å²) in [7, 11) is 0. The van der Waals surface area contributed by atoms with Gasteiger partial charge in [0.05, 0.1) is 0 Å². The molecule has 0 saturated carbocycles. The van der Waals surface area contributed by atoms with Crippen molar-refractivity contribution in [2.45, 2.75) is 59.6 Å². The molecule has 0 N–H and O–H groups in total. The zero-order valence-electron chi connectivity index (χ0n) is 11.9. The van der Waals surface area contributed by atoms with Crippen LogP contribution in [0.2, 0.25) is 11.1 Å². The molecule has 0 bridgehead atoms. The Morgan fingerprint density at radius 1 is 1.00 bits per heavy atom. The summed E-state index contributed by atoms with van der Waals surface area (Å²) in [5, 5.41) is 0.324. The van der Waals surface area contributed by atoms with E-state index in [-0.39, 0.29) is 0 Å². The van der Waals surface area contributed by atoms with E-state index >= 15 is 0 Å². The Kier molecular flexibility index (Phi) is 3.88. The molecular formula is C15H25B. The van der Waals surface area contributed by atoms with E-state index in [0.717, 1.165) is 0 Å². The van der Waals surface area contributed by atoms with Crippen molar-refractivity contribution in [3.8, 4) is 0 Å². The predicted octanol–water partition coefficient (Wildman–Crippen LogP) is 4.22. The SMILES string of the molecule is Cc1cccc(C)c1B(C(C)C)C(C)(C)C. The maximum absolute atomic E-state index is 2.35. The van der Waals surface area contributed by atoms with Gasteiger partial charge in [0.25, 0.3) is 0 Å². The Balaban J connectivity index is 3.33. The maximum atomic E-state index is 2.35. The molecule has 1 aromatic rings. The van der Waals surface area contributed by atoms with Crippen LogP contribution in [0.3, 0.4) is 0 Å². The molecule has 0 aliphatic heterocycles. The smallest absolute Gasteiger partial charge is 0.0735 e. The minimum absolute atomic E-state index is 0.324. The van der Waals surface area contributed by atoms with Crippen LogP contribution in [0.4, 0.5) is 0 Å². The zero-order valence-corrected chi connectivity index (χ0v) is 11.9. The van der Waals surface area contributed by atoms with Gasteiger partial charge in [0.2, 0.25) is 0 Å². The lowest BCUT2D eigenvalue weighted by molar-refractivity contribution is 0.723. The van der Waals surface area contributed by atoms with Gasteiger partial charge < -0.3 is 0 Å². The monoisotopic (exact) mass is 216 g/mol. The average molecular weight is 216 g/mol. The lowest BCUT2D eigenvalue weighted by atomic mass is 9.25. The fourth-order valence-electron chi connectivity index (χ4n) is 3.08. The molecule has 0 amide bonds. The summed E-state index contributed by atoms with van der Waals surface area (Å²) in [4.78, 5) is 0. The van der Waals surface area contributed by atoms with E-state index in [1.807, 2.05) is 0 Å². The van der Waals surface area contributed by atoms with Crippen molar-refractivity contribution in [3.05, 3.63) is 29.3 Å². The second kappa shape index (κ2) is 4.65. The second-order valence-corrected chi connectivity index (χ2v) is 6.39. The van der Waals surface area contributed by atoms with Crippen molar-refractivity contribution in [1.29, 1.82) is 0 Å². The predicted molar refractivity (Wildman–Crippen MR) is 76.1 cm³/mol. The van der Waals surface area contributed by atoms with Crippen molar-refractivity contribution in [3.63, 3.8) is 0 Å². The molecule has 0 aliphatic carbocycles. The van der Waals surface area contributed by atoms with Crippen LogP contribution in [0.5, 0.6) is 0 Å². The second-order valence-electron chi connectivity index (χ2n) is 6.39. The summed E-state index contributed by atoms with van der Waals surface area (Å²) < 4.78 is 0. The third-order valence-corrected chi connectivity index (χ3v) is 3.45. The third-order valence-electron chi connectivity index (χ3n) is 3.45. The first-order valence-electron chi connectivity index (χ1n) is 6.31. The van der Waals surface area contributed by atoms with Crippen LogP contribution in [0.25, 0.3) is 0 Å².